The van der Waals surface area contributed by atoms with Crippen LogP contribution in [0.5, 0.6) is 17.2 Å². The number of carbonyl (C=O) groups excluding carboxylic acids is 2. The highest BCUT2D eigenvalue weighted by atomic mass is 35.5. The predicted octanol–water partition coefficient (Wildman–Crippen LogP) is 3.16. The number of aromatic hydroxyl groups is 2. The molecule has 2 N–H and O–H groups in total. The van der Waals surface area contributed by atoms with Gasteiger partial charge in [0.1, 0.15) is 17.2 Å². The Balaban J connectivity index is 1.57. The highest BCUT2D eigenvalue weighted by Crippen LogP contribution is 2.27. The predicted molar refractivity (Wildman–Crippen MR) is 109 cm³/mol. The highest BCUT2D eigenvalue weighted by Gasteiger charge is 2.24. The van der Waals surface area contributed by atoms with Crippen molar-refractivity contribution in [3.05, 3.63) is 52.0 Å². The number of benzene rings is 2. The fourth-order valence-electron chi connectivity index (χ4n) is 3.09. The van der Waals surface area contributed by atoms with E-state index in [0.717, 1.165) is 6.07 Å². The fraction of sp³-hybridized carbons (Fsp3) is 0.300. The second-order valence-corrected chi connectivity index (χ2v) is 7.47. The molecule has 0 radical (unpaired) electrons. The molecule has 1 aliphatic rings. The number of carbonyl (C=O) groups is 2. The number of ether oxygens (including phenoxy) is 1. The summed E-state index contributed by atoms with van der Waals surface area (Å²) in [4.78, 5) is 28.4. The van der Waals surface area contributed by atoms with Gasteiger partial charge in [-0.15, -0.1) is 0 Å². The Labute approximate surface area is 178 Å². The Bertz CT molecular complexity index is 901. The van der Waals surface area contributed by atoms with Crippen molar-refractivity contribution in [1.29, 1.82) is 0 Å². The third-order valence-corrected chi connectivity index (χ3v) is 5.06. The first-order valence-electron chi connectivity index (χ1n) is 9.01. The zero-order valence-corrected chi connectivity index (χ0v) is 17.0. The van der Waals surface area contributed by atoms with Gasteiger partial charge in [-0.1, -0.05) is 23.2 Å². The molecule has 2 aromatic rings. The van der Waals surface area contributed by atoms with E-state index in [1.807, 2.05) is 0 Å². The van der Waals surface area contributed by atoms with Crippen LogP contribution in [0.25, 0.3) is 0 Å². The van der Waals surface area contributed by atoms with Crippen molar-refractivity contribution in [3.63, 3.8) is 0 Å². The summed E-state index contributed by atoms with van der Waals surface area (Å²) in [6.07, 6.45) is 0.601. The number of phenols is 2. The summed E-state index contributed by atoms with van der Waals surface area (Å²) in [5.74, 6) is -0.509. The molecule has 0 aromatic heterocycles. The maximum atomic E-state index is 12.7. The Morgan fingerprint density at radius 3 is 2.28 bits per heavy atom. The molecule has 2 aromatic carbocycles. The number of hydrogen-bond acceptors (Lipinski definition) is 5. The van der Waals surface area contributed by atoms with Crippen LogP contribution in [0.1, 0.15) is 16.8 Å². The van der Waals surface area contributed by atoms with E-state index in [0.29, 0.717) is 48.4 Å². The normalized spacial score (nSPS) is 14.4. The molecule has 1 saturated heterocycles. The van der Waals surface area contributed by atoms with Crippen molar-refractivity contribution in [2.75, 3.05) is 32.8 Å². The maximum Gasteiger partial charge on any atom is 0.260 e. The second kappa shape index (κ2) is 9.24. The van der Waals surface area contributed by atoms with E-state index < -0.39 is 0 Å². The third kappa shape index (κ3) is 5.46. The van der Waals surface area contributed by atoms with Gasteiger partial charge in [-0.2, -0.15) is 0 Å². The van der Waals surface area contributed by atoms with Crippen LogP contribution in [0.15, 0.2) is 36.4 Å². The molecule has 1 aliphatic heterocycles. The Hall–Kier alpha value is -2.64. The number of rotatable bonds is 4. The highest BCUT2D eigenvalue weighted by molar-refractivity contribution is 6.35. The molecule has 0 saturated carbocycles. The minimum Gasteiger partial charge on any atom is -0.508 e. The molecule has 0 atom stereocenters. The number of nitrogens with zero attached hydrogens (tertiary/aromatic N) is 2. The molecule has 0 spiro atoms. The van der Waals surface area contributed by atoms with Crippen LogP contribution in [-0.4, -0.2) is 64.6 Å². The molecule has 2 amide bonds. The third-order valence-electron chi connectivity index (χ3n) is 4.53. The van der Waals surface area contributed by atoms with Crippen LogP contribution < -0.4 is 4.74 Å². The van der Waals surface area contributed by atoms with Crippen LogP contribution in [0.3, 0.4) is 0 Å². The van der Waals surface area contributed by atoms with Gasteiger partial charge in [-0.05, 0) is 36.8 Å². The van der Waals surface area contributed by atoms with Gasteiger partial charge < -0.3 is 24.7 Å². The van der Waals surface area contributed by atoms with E-state index in [9.17, 15) is 19.8 Å². The van der Waals surface area contributed by atoms with Crippen molar-refractivity contribution in [2.45, 2.75) is 6.42 Å². The summed E-state index contributed by atoms with van der Waals surface area (Å²) >= 11 is 11.9. The number of phenolic OH excluding ortho intramolecular Hbond substituents is 2. The largest absolute Gasteiger partial charge is 0.508 e. The van der Waals surface area contributed by atoms with E-state index in [4.69, 9.17) is 27.9 Å². The summed E-state index contributed by atoms with van der Waals surface area (Å²) in [5.41, 5.74) is 0.197. The van der Waals surface area contributed by atoms with E-state index in [1.54, 1.807) is 21.9 Å². The minimum absolute atomic E-state index is 0.171. The molecule has 9 heteroatoms. The fourth-order valence-corrected chi connectivity index (χ4v) is 3.56. The standard InChI is InChI=1S/C20H20Cl2N2O5/c21-14-2-3-18(17(22)10-14)29-12-19(27)23-4-1-5-24(7-6-23)20(28)13-8-15(25)11-16(26)9-13/h2-3,8-11,25-26H,1,4-7,12H2. The molecule has 154 valence electrons. The molecule has 3 rings (SSSR count). The first-order valence-corrected chi connectivity index (χ1v) is 9.77. The average molecular weight is 439 g/mol. The quantitative estimate of drug-likeness (QED) is 0.764. The van der Waals surface area contributed by atoms with Crippen molar-refractivity contribution in [3.8, 4) is 17.2 Å². The van der Waals surface area contributed by atoms with Gasteiger partial charge in [0.25, 0.3) is 11.8 Å². The van der Waals surface area contributed by atoms with Gasteiger partial charge in [0.05, 0.1) is 5.02 Å². The van der Waals surface area contributed by atoms with Gasteiger partial charge in [-0.25, -0.2) is 0 Å². The summed E-state index contributed by atoms with van der Waals surface area (Å²) in [7, 11) is 0. The lowest BCUT2D eigenvalue weighted by atomic mass is 10.1. The smallest absolute Gasteiger partial charge is 0.260 e. The van der Waals surface area contributed by atoms with Gasteiger partial charge >= 0.3 is 0 Å². The molecule has 0 aliphatic carbocycles. The Morgan fingerprint density at radius 1 is 0.931 bits per heavy atom. The van der Waals surface area contributed by atoms with Gasteiger partial charge in [0.15, 0.2) is 6.61 Å². The minimum atomic E-state index is -0.310. The molecule has 29 heavy (non-hydrogen) atoms. The van der Waals surface area contributed by atoms with Crippen LogP contribution in [0.2, 0.25) is 10.0 Å². The summed E-state index contributed by atoms with van der Waals surface area (Å²) in [6, 6.07) is 8.54. The van der Waals surface area contributed by atoms with Crippen molar-refractivity contribution in [2.24, 2.45) is 0 Å². The molecule has 1 fully saturated rings. The lowest BCUT2D eigenvalue weighted by Gasteiger charge is -2.22. The van der Waals surface area contributed by atoms with E-state index >= 15 is 0 Å². The van der Waals surface area contributed by atoms with E-state index in [1.165, 1.54) is 18.2 Å². The zero-order chi connectivity index (χ0) is 21.0. The van der Waals surface area contributed by atoms with Crippen molar-refractivity contribution < 1.29 is 24.5 Å². The van der Waals surface area contributed by atoms with E-state index in [-0.39, 0.29) is 35.5 Å². The Kier molecular flexibility index (Phi) is 6.71. The van der Waals surface area contributed by atoms with Crippen LogP contribution in [-0.2, 0) is 4.79 Å². The summed E-state index contributed by atoms with van der Waals surface area (Å²) in [5, 5.41) is 20.0. The molecular weight excluding hydrogens is 419 g/mol. The zero-order valence-electron chi connectivity index (χ0n) is 15.5. The number of halogens is 2. The van der Waals surface area contributed by atoms with Gasteiger partial charge in [0, 0.05) is 42.8 Å². The van der Waals surface area contributed by atoms with Crippen LogP contribution >= 0.6 is 23.2 Å². The molecule has 1 heterocycles. The number of amides is 2. The maximum absolute atomic E-state index is 12.7. The first kappa shape index (κ1) is 21.1. The SMILES string of the molecule is O=C(COc1ccc(Cl)cc1Cl)N1CCCN(C(=O)c2cc(O)cc(O)c2)CC1. The van der Waals surface area contributed by atoms with Gasteiger partial charge in [-0.3, -0.25) is 9.59 Å². The van der Waals surface area contributed by atoms with Gasteiger partial charge in [0.2, 0.25) is 0 Å². The Morgan fingerprint density at radius 2 is 1.59 bits per heavy atom. The first-order chi connectivity index (χ1) is 13.8. The lowest BCUT2D eigenvalue weighted by molar-refractivity contribution is -0.133. The van der Waals surface area contributed by atoms with Crippen LogP contribution in [0, 0.1) is 0 Å². The van der Waals surface area contributed by atoms with Crippen molar-refractivity contribution >= 4 is 35.0 Å². The topological polar surface area (TPSA) is 90.3 Å². The molecule has 0 bridgehead atoms. The molecule has 7 nitrogen and oxygen atoms in total. The molecular formula is C20H20Cl2N2O5. The summed E-state index contributed by atoms with van der Waals surface area (Å²) < 4.78 is 5.50. The average Bonchev–Trinajstić information content (AvgIpc) is 2.92. The summed E-state index contributed by atoms with van der Waals surface area (Å²) in [6.45, 7) is 1.47. The van der Waals surface area contributed by atoms with Crippen LogP contribution in [0.4, 0.5) is 0 Å². The second-order valence-electron chi connectivity index (χ2n) is 6.63. The number of hydrogen-bond donors (Lipinski definition) is 2. The monoisotopic (exact) mass is 438 g/mol. The molecule has 0 unspecified atom stereocenters. The van der Waals surface area contributed by atoms with Crippen molar-refractivity contribution in [1.82, 2.24) is 9.80 Å². The van der Waals surface area contributed by atoms with E-state index in [2.05, 4.69) is 0 Å². The lowest BCUT2D eigenvalue weighted by Crippen LogP contribution is -2.39.